The van der Waals surface area contributed by atoms with Crippen LogP contribution in [0.15, 0.2) is 57.5 Å². The van der Waals surface area contributed by atoms with Crippen molar-refractivity contribution in [2.45, 2.75) is 10.9 Å². The molecule has 0 spiro atoms. The third kappa shape index (κ3) is 3.92. The number of anilines is 1. The van der Waals surface area contributed by atoms with E-state index < -0.39 is 10.0 Å². The second-order valence-electron chi connectivity index (χ2n) is 5.03. The summed E-state index contributed by atoms with van der Waals surface area (Å²) in [7, 11) is -2.41. The average Bonchev–Trinajstić information content (AvgIpc) is 3.27. The van der Waals surface area contributed by atoms with E-state index in [2.05, 4.69) is 15.5 Å². The Labute approximate surface area is 148 Å². The molecular formula is C15H14N4O4S2. The molecule has 1 aromatic carbocycles. The molecule has 0 atom stereocenters. The quantitative estimate of drug-likeness (QED) is 0.659. The van der Waals surface area contributed by atoms with E-state index >= 15 is 0 Å². The summed E-state index contributed by atoms with van der Waals surface area (Å²) < 4.78 is 31.1. The second kappa shape index (κ2) is 7.13. The normalized spacial score (nSPS) is 11.6. The van der Waals surface area contributed by atoms with Crippen molar-refractivity contribution in [3.63, 3.8) is 0 Å². The van der Waals surface area contributed by atoms with Crippen LogP contribution in [0, 0.1) is 0 Å². The SMILES string of the molecule is CN(Cc1ccco1)S(=O)(=O)c1nnc(NC(=O)c2ccccc2)s1. The van der Waals surface area contributed by atoms with Gasteiger partial charge in [-0.15, -0.1) is 10.2 Å². The first-order valence-corrected chi connectivity index (χ1v) is 9.41. The van der Waals surface area contributed by atoms with Gasteiger partial charge in [-0.1, -0.05) is 29.5 Å². The third-order valence-corrected chi connectivity index (χ3v) is 6.24. The number of hydrogen-bond donors (Lipinski definition) is 1. The van der Waals surface area contributed by atoms with E-state index in [-0.39, 0.29) is 21.9 Å². The van der Waals surface area contributed by atoms with Gasteiger partial charge in [-0.05, 0) is 24.3 Å². The maximum Gasteiger partial charge on any atom is 0.272 e. The highest BCUT2D eigenvalue weighted by Crippen LogP contribution is 2.24. The number of hydrogen-bond acceptors (Lipinski definition) is 7. The monoisotopic (exact) mass is 378 g/mol. The molecule has 0 radical (unpaired) electrons. The van der Waals surface area contributed by atoms with E-state index in [1.807, 2.05) is 0 Å². The lowest BCUT2D eigenvalue weighted by Gasteiger charge is -2.12. The number of nitrogens with zero attached hydrogens (tertiary/aromatic N) is 3. The Morgan fingerprint density at radius 3 is 2.64 bits per heavy atom. The number of carbonyl (C=O) groups is 1. The molecule has 0 saturated heterocycles. The van der Waals surface area contributed by atoms with Crippen LogP contribution in [-0.2, 0) is 16.6 Å². The second-order valence-corrected chi connectivity index (χ2v) is 8.23. The molecule has 8 nitrogen and oxygen atoms in total. The Bertz CT molecular complexity index is 953. The molecule has 10 heteroatoms. The minimum Gasteiger partial charge on any atom is -0.468 e. The molecule has 25 heavy (non-hydrogen) atoms. The van der Waals surface area contributed by atoms with Gasteiger partial charge >= 0.3 is 0 Å². The minimum atomic E-state index is -3.83. The van der Waals surface area contributed by atoms with Crippen LogP contribution in [0.5, 0.6) is 0 Å². The summed E-state index contributed by atoms with van der Waals surface area (Å²) in [5.74, 6) is 0.123. The fourth-order valence-electron chi connectivity index (χ4n) is 1.96. The van der Waals surface area contributed by atoms with Gasteiger partial charge in [-0.25, -0.2) is 8.42 Å². The van der Waals surface area contributed by atoms with Gasteiger partial charge in [0.25, 0.3) is 15.9 Å². The number of benzene rings is 1. The molecule has 0 unspecified atom stereocenters. The third-order valence-electron chi connectivity index (χ3n) is 3.25. The van der Waals surface area contributed by atoms with E-state index in [9.17, 15) is 13.2 Å². The van der Waals surface area contributed by atoms with Gasteiger partial charge in [0.2, 0.25) is 9.47 Å². The van der Waals surface area contributed by atoms with Gasteiger partial charge in [0.1, 0.15) is 5.76 Å². The highest BCUT2D eigenvalue weighted by atomic mass is 32.2. The van der Waals surface area contributed by atoms with Crippen molar-refractivity contribution in [1.82, 2.24) is 14.5 Å². The summed E-state index contributed by atoms with van der Waals surface area (Å²) in [4.78, 5) is 12.1. The van der Waals surface area contributed by atoms with Gasteiger partial charge in [0.15, 0.2) is 0 Å². The van der Waals surface area contributed by atoms with E-state index in [1.54, 1.807) is 42.5 Å². The first-order valence-electron chi connectivity index (χ1n) is 7.15. The summed E-state index contributed by atoms with van der Waals surface area (Å²) >= 11 is 0.789. The van der Waals surface area contributed by atoms with Gasteiger partial charge in [0, 0.05) is 12.6 Å². The van der Waals surface area contributed by atoms with Crippen LogP contribution in [0.3, 0.4) is 0 Å². The number of rotatable bonds is 6. The van der Waals surface area contributed by atoms with Crippen LogP contribution in [0.2, 0.25) is 0 Å². The highest BCUT2D eigenvalue weighted by molar-refractivity contribution is 7.91. The Balaban J connectivity index is 1.72. The molecular weight excluding hydrogens is 364 g/mol. The molecule has 2 aromatic heterocycles. The lowest BCUT2D eigenvalue weighted by molar-refractivity contribution is 0.102. The van der Waals surface area contributed by atoms with Gasteiger partial charge in [0.05, 0.1) is 12.8 Å². The van der Waals surface area contributed by atoms with Crippen molar-refractivity contribution < 1.29 is 17.6 Å². The molecule has 3 aromatic rings. The van der Waals surface area contributed by atoms with E-state index in [0.717, 1.165) is 15.6 Å². The largest absolute Gasteiger partial charge is 0.468 e. The molecule has 3 rings (SSSR count). The van der Waals surface area contributed by atoms with Crippen LogP contribution in [0.25, 0.3) is 0 Å². The summed E-state index contributed by atoms with van der Waals surface area (Å²) in [6.07, 6.45) is 1.47. The fourth-order valence-corrected chi connectivity index (χ4v) is 4.18. The van der Waals surface area contributed by atoms with Gasteiger partial charge in [-0.3, -0.25) is 10.1 Å². The number of aromatic nitrogens is 2. The number of amides is 1. The number of nitrogens with one attached hydrogen (secondary N) is 1. The lowest BCUT2D eigenvalue weighted by atomic mass is 10.2. The predicted molar refractivity (Wildman–Crippen MR) is 91.7 cm³/mol. The van der Waals surface area contributed by atoms with Crippen LogP contribution in [0.1, 0.15) is 16.1 Å². The molecule has 2 heterocycles. The molecule has 0 bridgehead atoms. The van der Waals surface area contributed by atoms with Crippen molar-refractivity contribution in [3.05, 3.63) is 60.1 Å². The zero-order chi connectivity index (χ0) is 17.9. The molecule has 0 aliphatic rings. The fraction of sp³-hybridized carbons (Fsp3) is 0.133. The average molecular weight is 378 g/mol. The first-order chi connectivity index (χ1) is 12.0. The van der Waals surface area contributed by atoms with Gasteiger partial charge in [-0.2, -0.15) is 4.31 Å². The predicted octanol–water partition coefficient (Wildman–Crippen LogP) is 2.20. The van der Waals surface area contributed by atoms with Crippen molar-refractivity contribution in [1.29, 1.82) is 0 Å². The molecule has 1 N–H and O–H groups in total. The van der Waals surface area contributed by atoms with Crippen LogP contribution in [0.4, 0.5) is 5.13 Å². The Kier molecular flexibility index (Phi) is 4.93. The smallest absolute Gasteiger partial charge is 0.272 e. The van der Waals surface area contributed by atoms with Crippen LogP contribution >= 0.6 is 11.3 Å². The number of sulfonamides is 1. The topological polar surface area (TPSA) is 105 Å². The van der Waals surface area contributed by atoms with Crippen molar-refractivity contribution in [2.24, 2.45) is 0 Å². The molecule has 0 aliphatic heterocycles. The Hall–Kier alpha value is -2.56. The zero-order valence-corrected chi connectivity index (χ0v) is 14.8. The first kappa shape index (κ1) is 17.3. The van der Waals surface area contributed by atoms with E-state index in [0.29, 0.717) is 11.3 Å². The maximum absolute atomic E-state index is 12.5. The standard InChI is InChI=1S/C15H14N4O4S2/c1-19(10-12-8-5-9-23-12)25(21,22)15-18-17-14(24-15)16-13(20)11-6-3-2-4-7-11/h2-9H,10H2,1H3,(H,16,17,20). The Morgan fingerprint density at radius 1 is 1.20 bits per heavy atom. The van der Waals surface area contributed by atoms with E-state index in [1.165, 1.54) is 13.3 Å². The number of furan rings is 1. The summed E-state index contributed by atoms with van der Waals surface area (Å²) in [5, 5.41) is 10.1. The number of carbonyl (C=O) groups excluding carboxylic acids is 1. The lowest BCUT2D eigenvalue weighted by Crippen LogP contribution is -2.26. The molecule has 130 valence electrons. The molecule has 0 fully saturated rings. The van der Waals surface area contributed by atoms with Crippen LogP contribution in [-0.4, -0.2) is 35.9 Å². The summed E-state index contributed by atoms with van der Waals surface area (Å²) in [6.45, 7) is 0.0701. The van der Waals surface area contributed by atoms with Crippen molar-refractivity contribution in [3.8, 4) is 0 Å². The van der Waals surface area contributed by atoms with Crippen molar-refractivity contribution in [2.75, 3.05) is 12.4 Å². The highest BCUT2D eigenvalue weighted by Gasteiger charge is 2.26. The maximum atomic E-state index is 12.5. The van der Waals surface area contributed by atoms with Crippen molar-refractivity contribution >= 4 is 32.4 Å². The van der Waals surface area contributed by atoms with Gasteiger partial charge < -0.3 is 4.42 Å². The molecule has 1 amide bonds. The summed E-state index contributed by atoms with van der Waals surface area (Å²) in [6, 6.07) is 11.9. The minimum absolute atomic E-state index is 0.0701. The summed E-state index contributed by atoms with van der Waals surface area (Å²) in [5.41, 5.74) is 0.442. The molecule has 0 saturated carbocycles. The van der Waals surface area contributed by atoms with E-state index in [4.69, 9.17) is 4.42 Å². The zero-order valence-electron chi connectivity index (χ0n) is 13.1. The molecule has 0 aliphatic carbocycles. The van der Waals surface area contributed by atoms with Crippen LogP contribution < -0.4 is 5.32 Å². The Morgan fingerprint density at radius 2 is 1.96 bits per heavy atom.